The Hall–Kier alpha value is -0.350. The molecule has 0 unspecified atom stereocenters. The van der Waals surface area contributed by atoms with Gasteiger partial charge in [-0.15, -0.1) is 0 Å². The van der Waals surface area contributed by atoms with E-state index in [1.54, 1.807) is 19.5 Å². The lowest BCUT2D eigenvalue weighted by Crippen LogP contribution is -1.86. The fourth-order valence-corrected chi connectivity index (χ4v) is 1.30. The van der Waals surface area contributed by atoms with Crippen LogP contribution >= 0.6 is 31.9 Å². The zero-order valence-electron chi connectivity index (χ0n) is 6.42. The van der Waals surface area contributed by atoms with Crippen molar-refractivity contribution in [3.05, 3.63) is 27.4 Å². The summed E-state index contributed by atoms with van der Waals surface area (Å²) in [6.07, 6.45) is 5.31. The first-order valence-corrected chi connectivity index (χ1v) is 4.83. The van der Waals surface area contributed by atoms with Crippen molar-refractivity contribution in [2.75, 3.05) is 7.11 Å². The molecule has 1 heterocycles. The third kappa shape index (κ3) is 2.60. The summed E-state index contributed by atoms with van der Waals surface area (Å²) < 4.78 is 5.98. The summed E-state index contributed by atoms with van der Waals surface area (Å²) in [6.45, 7) is 0. The zero-order valence-corrected chi connectivity index (χ0v) is 9.59. The maximum Gasteiger partial charge on any atom is 0.129 e. The lowest BCUT2D eigenvalue weighted by atomic mass is 10.2. The van der Waals surface area contributed by atoms with Crippen molar-refractivity contribution in [3.63, 3.8) is 0 Å². The van der Waals surface area contributed by atoms with E-state index in [0.29, 0.717) is 0 Å². The van der Waals surface area contributed by atoms with Crippen LogP contribution in [-0.2, 0) is 0 Å². The van der Waals surface area contributed by atoms with Gasteiger partial charge in [0.25, 0.3) is 0 Å². The molecular formula is C8H7Br2NO. The van der Waals surface area contributed by atoms with Gasteiger partial charge in [0, 0.05) is 18.0 Å². The van der Waals surface area contributed by atoms with Gasteiger partial charge in [-0.1, -0.05) is 0 Å². The molecule has 1 aromatic heterocycles. The Morgan fingerprint density at radius 1 is 1.58 bits per heavy atom. The first-order valence-electron chi connectivity index (χ1n) is 3.24. The van der Waals surface area contributed by atoms with Crippen LogP contribution in [0.15, 0.2) is 21.9 Å². The van der Waals surface area contributed by atoms with Crippen LogP contribution in [0.4, 0.5) is 0 Å². The number of rotatable bonds is 2. The standard InChI is InChI=1S/C8H7Br2NO/c1-12-7-2-3-11-5-6(7)4-8(9)10/h2-5H,1H3. The molecule has 1 rings (SSSR count). The molecule has 0 atom stereocenters. The highest BCUT2D eigenvalue weighted by atomic mass is 79.9. The van der Waals surface area contributed by atoms with E-state index >= 15 is 0 Å². The highest BCUT2D eigenvalue weighted by Gasteiger charge is 1.98. The second-order valence-corrected chi connectivity index (χ2v) is 4.82. The summed E-state index contributed by atoms with van der Waals surface area (Å²) in [5.41, 5.74) is 0.934. The molecule has 2 nitrogen and oxygen atoms in total. The van der Waals surface area contributed by atoms with Gasteiger partial charge in [0.05, 0.1) is 10.5 Å². The first kappa shape index (κ1) is 9.74. The normalized spacial score (nSPS) is 9.25. The van der Waals surface area contributed by atoms with Crippen LogP contribution in [0.2, 0.25) is 0 Å². The predicted molar refractivity (Wildman–Crippen MR) is 56.6 cm³/mol. The molecule has 4 heteroatoms. The zero-order chi connectivity index (χ0) is 8.97. The van der Waals surface area contributed by atoms with Gasteiger partial charge in [-0.3, -0.25) is 4.98 Å². The predicted octanol–water partition coefficient (Wildman–Crippen LogP) is 3.18. The number of hydrogen-bond acceptors (Lipinski definition) is 2. The van der Waals surface area contributed by atoms with Gasteiger partial charge >= 0.3 is 0 Å². The van der Waals surface area contributed by atoms with E-state index in [2.05, 4.69) is 36.8 Å². The minimum absolute atomic E-state index is 0.807. The Bertz CT molecular complexity index is 295. The van der Waals surface area contributed by atoms with E-state index in [-0.39, 0.29) is 0 Å². The topological polar surface area (TPSA) is 22.1 Å². The van der Waals surface area contributed by atoms with Gasteiger partial charge in [0.1, 0.15) is 5.75 Å². The summed E-state index contributed by atoms with van der Waals surface area (Å²) in [5, 5.41) is 0. The molecule has 0 aliphatic heterocycles. The lowest BCUT2D eigenvalue weighted by Gasteiger charge is -2.02. The van der Waals surface area contributed by atoms with E-state index in [1.807, 2.05) is 12.1 Å². The van der Waals surface area contributed by atoms with Crippen molar-refractivity contribution in [2.24, 2.45) is 0 Å². The minimum Gasteiger partial charge on any atom is -0.496 e. The molecule has 0 saturated carbocycles. The van der Waals surface area contributed by atoms with Crippen molar-refractivity contribution in [1.29, 1.82) is 0 Å². The maximum atomic E-state index is 5.12. The van der Waals surface area contributed by atoms with Gasteiger partial charge in [-0.2, -0.15) is 0 Å². The van der Waals surface area contributed by atoms with Gasteiger partial charge < -0.3 is 4.74 Å². The molecule has 0 spiro atoms. The molecule has 0 aromatic carbocycles. The lowest BCUT2D eigenvalue weighted by molar-refractivity contribution is 0.413. The Balaban J connectivity index is 3.05. The highest BCUT2D eigenvalue weighted by Crippen LogP contribution is 2.23. The fourth-order valence-electron chi connectivity index (χ4n) is 0.806. The maximum absolute atomic E-state index is 5.12. The van der Waals surface area contributed by atoms with Crippen molar-refractivity contribution < 1.29 is 4.74 Å². The molecule has 0 N–H and O–H groups in total. The Kier molecular flexibility index (Phi) is 3.75. The summed E-state index contributed by atoms with van der Waals surface area (Å²) >= 11 is 6.54. The number of methoxy groups -OCH3 is 1. The molecular weight excluding hydrogens is 286 g/mol. The monoisotopic (exact) mass is 291 g/mol. The van der Waals surface area contributed by atoms with Crippen LogP contribution in [-0.4, -0.2) is 12.1 Å². The Morgan fingerprint density at radius 2 is 2.33 bits per heavy atom. The highest BCUT2D eigenvalue weighted by molar-refractivity contribution is 9.28. The van der Waals surface area contributed by atoms with Gasteiger partial charge in [0.15, 0.2) is 0 Å². The molecule has 0 bridgehead atoms. The first-order chi connectivity index (χ1) is 5.74. The number of ether oxygens (including phenoxy) is 1. The van der Waals surface area contributed by atoms with E-state index in [4.69, 9.17) is 4.74 Å². The van der Waals surface area contributed by atoms with Crippen LogP contribution < -0.4 is 4.74 Å². The molecule has 0 aliphatic rings. The second-order valence-electron chi connectivity index (χ2n) is 2.05. The van der Waals surface area contributed by atoms with Crippen LogP contribution in [0.3, 0.4) is 0 Å². The van der Waals surface area contributed by atoms with Crippen molar-refractivity contribution >= 4 is 37.9 Å². The van der Waals surface area contributed by atoms with E-state index < -0.39 is 0 Å². The molecule has 0 aliphatic carbocycles. The van der Waals surface area contributed by atoms with Gasteiger partial charge in [-0.25, -0.2) is 0 Å². The number of nitrogens with zero attached hydrogens (tertiary/aromatic N) is 1. The number of hydrogen-bond donors (Lipinski definition) is 0. The summed E-state index contributed by atoms with van der Waals surface area (Å²) in [5.74, 6) is 0.807. The van der Waals surface area contributed by atoms with Crippen LogP contribution in [0.25, 0.3) is 6.08 Å². The van der Waals surface area contributed by atoms with E-state index in [0.717, 1.165) is 14.7 Å². The van der Waals surface area contributed by atoms with Gasteiger partial charge in [-0.05, 0) is 44.0 Å². The molecule has 0 saturated heterocycles. The average molecular weight is 293 g/mol. The molecule has 0 fully saturated rings. The van der Waals surface area contributed by atoms with Crippen molar-refractivity contribution in [1.82, 2.24) is 4.98 Å². The largest absolute Gasteiger partial charge is 0.496 e. The fraction of sp³-hybridized carbons (Fsp3) is 0.125. The van der Waals surface area contributed by atoms with E-state index in [1.165, 1.54) is 0 Å². The number of halogens is 2. The molecule has 0 radical (unpaired) electrons. The quantitative estimate of drug-likeness (QED) is 0.835. The van der Waals surface area contributed by atoms with Crippen LogP contribution in [0, 0.1) is 0 Å². The minimum atomic E-state index is 0.807. The van der Waals surface area contributed by atoms with E-state index in [9.17, 15) is 0 Å². The van der Waals surface area contributed by atoms with Gasteiger partial charge in [0.2, 0.25) is 0 Å². The summed E-state index contributed by atoms with van der Waals surface area (Å²) in [4.78, 5) is 3.98. The van der Waals surface area contributed by atoms with Crippen molar-refractivity contribution in [3.8, 4) is 5.75 Å². The number of pyridine rings is 1. The Labute approximate surface area is 87.9 Å². The SMILES string of the molecule is COc1ccncc1C=C(Br)Br. The third-order valence-corrected chi connectivity index (χ3v) is 1.75. The summed E-state index contributed by atoms with van der Waals surface area (Å²) in [7, 11) is 1.63. The molecule has 0 amide bonds. The molecule has 1 aromatic rings. The second kappa shape index (κ2) is 4.62. The van der Waals surface area contributed by atoms with Crippen LogP contribution in [0.1, 0.15) is 5.56 Å². The molecule has 12 heavy (non-hydrogen) atoms. The number of aromatic nitrogens is 1. The van der Waals surface area contributed by atoms with Crippen LogP contribution in [0.5, 0.6) is 5.75 Å². The molecule has 64 valence electrons. The summed E-state index contributed by atoms with van der Waals surface area (Å²) in [6, 6.07) is 1.81. The average Bonchev–Trinajstić information content (AvgIpc) is 2.04. The smallest absolute Gasteiger partial charge is 0.129 e. The Morgan fingerprint density at radius 3 is 2.92 bits per heavy atom. The van der Waals surface area contributed by atoms with Crippen molar-refractivity contribution in [2.45, 2.75) is 0 Å². The third-order valence-electron chi connectivity index (χ3n) is 1.29.